The molecule has 4 aromatic rings. The molecule has 0 radical (unpaired) electrons. The van der Waals surface area contributed by atoms with Crippen LogP contribution < -0.4 is 10.1 Å². The Morgan fingerprint density at radius 1 is 1.30 bits per heavy atom. The average Bonchev–Trinajstić information content (AvgIpc) is 3.54. The SMILES string of the molecule is Cn1cc(COc2cc3c(cc2NC(=O)c2cnn4cccnc24)CN(CC(F)C(C)(C)O)C3=O)cn1. The molecule has 1 aromatic carbocycles. The molecule has 0 saturated heterocycles. The van der Waals surface area contributed by atoms with Crippen molar-refractivity contribution in [2.45, 2.75) is 38.8 Å². The van der Waals surface area contributed by atoms with Crippen molar-refractivity contribution in [3.8, 4) is 5.75 Å². The summed E-state index contributed by atoms with van der Waals surface area (Å²) in [6.45, 7) is 2.74. The van der Waals surface area contributed by atoms with E-state index in [0.29, 0.717) is 22.5 Å². The number of rotatable bonds is 8. The summed E-state index contributed by atoms with van der Waals surface area (Å²) in [6, 6.07) is 4.91. The molecule has 0 aliphatic carbocycles. The highest BCUT2D eigenvalue weighted by Gasteiger charge is 2.35. The number of anilines is 1. The van der Waals surface area contributed by atoms with Crippen molar-refractivity contribution in [3.63, 3.8) is 0 Å². The highest BCUT2D eigenvalue weighted by atomic mass is 19.1. The van der Waals surface area contributed by atoms with E-state index in [9.17, 15) is 19.1 Å². The van der Waals surface area contributed by atoms with Crippen molar-refractivity contribution < 1.29 is 23.8 Å². The summed E-state index contributed by atoms with van der Waals surface area (Å²) in [7, 11) is 1.79. The maximum absolute atomic E-state index is 14.5. The summed E-state index contributed by atoms with van der Waals surface area (Å²) in [5.41, 5.74) is 1.16. The van der Waals surface area contributed by atoms with Gasteiger partial charge in [-0.05, 0) is 37.6 Å². The Labute approximate surface area is 211 Å². The number of halogens is 1. The summed E-state index contributed by atoms with van der Waals surface area (Å²) in [5, 5.41) is 21.1. The standard InChI is InChI=1S/C25H26FN7O4/c1-25(2,36)21(26)13-32-12-16-7-19(30-23(34)18-10-29-33-6-4-5-27-22(18)33)20(8-17(16)24(32)35)37-14-15-9-28-31(3)11-15/h4-11,21,36H,12-14H2,1-3H3,(H,30,34). The second-order valence-corrected chi connectivity index (χ2v) is 9.52. The van der Waals surface area contributed by atoms with Crippen LogP contribution in [0.1, 0.15) is 45.7 Å². The first-order chi connectivity index (χ1) is 17.6. The number of amides is 2. The maximum Gasteiger partial charge on any atom is 0.261 e. The number of nitrogens with one attached hydrogen (secondary N) is 1. The van der Waals surface area contributed by atoms with E-state index in [0.717, 1.165) is 5.56 Å². The fraction of sp³-hybridized carbons (Fsp3) is 0.320. The summed E-state index contributed by atoms with van der Waals surface area (Å²) < 4.78 is 23.7. The second kappa shape index (κ2) is 9.28. The van der Waals surface area contributed by atoms with Crippen LogP contribution in [0.15, 0.2) is 49.2 Å². The minimum atomic E-state index is -1.63. The van der Waals surface area contributed by atoms with E-state index >= 15 is 0 Å². The minimum absolute atomic E-state index is 0.134. The van der Waals surface area contributed by atoms with Crippen molar-refractivity contribution >= 4 is 23.1 Å². The molecule has 0 spiro atoms. The maximum atomic E-state index is 14.5. The molecule has 11 nitrogen and oxygen atoms in total. The van der Waals surface area contributed by atoms with Crippen LogP contribution >= 0.6 is 0 Å². The molecule has 1 aliphatic rings. The summed E-state index contributed by atoms with van der Waals surface area (Å²) in [4.78, 5) is 31.8. The number of aromatic nitrogens is 5. The van der Waals surface area contributed by atoms with E-state index in [-0.39, 0.29) is 36.9 Å². The van der Waals surface area contributed by atoms with Gasteiger partial charge >= 0.3 is 0 Å². The van der Waals surface area contributed by atoms with Crippen molar-refractivity contribution in [2.24, 2.45) is 7.05 Å². The zero-order valence-corrected chi connectivity index (χ0v) is 20.6. The first kappa shape index (κ1) is 24.4. The zero-order chi connectivity index (χ0) is 26.3. The van der Waals surface area contributed by atoms with Gasteiger partial charge in [-0.2, -0.15) is 10.2 Å². The number of aryl methyl sites for hydroxylation is 1. The smallest absolute Gasteiger partial charge is 0.261 e. The van der Waals surface area contributed by atoms with Crippen LogP contribution in [0.25, 0.3) is 5.65 Å². The second-order valence-electron chi connectivity index (χ2n) is 9.52. The minimum Gasteiger partial charge on any atom is -0.487 e. The molecule has 1 unspecified atom stereocenters. The lowest BCUT2D eigenvalue weighted by atomic mass is 10.0. The van der Waals surface area contributed by atoms with Crippen molar-refractivity contribution in [1.82, 2.24) is 29.3 Å². The van der Waals surface area contributed by atoms with Gasteiger partial charge in [-0.15, -0.1) is 0 Å². The Hall–Kier alpha value is -4.32. The monoisotopic (exact) mass is 507 g/mol. The predicted molar refractivity (Wildman–Crippen MR) is 131 cm³/mol. The number of nitrogens with zero attached hydrogens (tertiary/aromatic N) is 6. The van der Waals surface area contributed by atoms with Crippen LogP contribution in [0.5, 0.6) is 5.75 Å². The number of hydrogen-bond acceptors (Lipinski definition) is 7. The van der Waals surface area contributed by atoms with Crippen molar-refractivity contribution in [3.05, 3.63) is 71.4 Å². The van der Waals surface area contributed by atoms with Gasteiger partial charge in [0.25, 0.3) is 11.8 Å². The molecular weight excluding hydrogens is 481 g/mol. The quantitative estimate of drug-likeness (QED) is 0.375. The summed E-state index contributed by atoms with van der Waals surface area (Å²) >= 11 is 0. The number of hydrogen-bond donors (Lipinski definition) is 2. The van der Waals surface area contributed by atoms with Crippen LogP contribution in [0, 0.1) is 0 Å². The third kappa shape index (κ3) is 4.87. The fourth-order valence-electron chi connectivity index (χ4n) is 4.07. The van der Waals surface area contributed by atoms with Crippen molar-refractivity contribution in [1.29, 1.82) is 0 Å². The Morgan fingerprint density at radius 3 is 2.84 bits per heavy atom. The molecule has 5 rings (SSSR count). The third-order valence-corrected chi connectivity index (χ3v) is 6.16. The Balaban J connectivity index is 1.45. The topological polar surface area (TPSA) is 127 Å². The van der Waals surface area contributed by atoms with E-state index in [2.05, 4.69) is 20.5 Å². The number of aliphatic hydroxyl groups is 1. The van der Waals surface area contributed by atoms with Gasteiger partial charge in [0.15, 0.2) is 5.65 Å². The van der Waals surface area contributed by atoms with Gasteiger partial charge in [-0.25, -0.2) is 13.9 Å². The molecule has 0 fully saturated rings. The normalized spacial score (nSPS) is 14.2. The molecule has 12 heteroatoms. The van der Waals surface area contributed by atoms with Crippen LogP contribution in [0.3, 0.4) is 0 Å². The van der Waals surface area contributed by atoms with Gasteiger partial charge in [0.2, 0.25) is 0 Å². The average molecular weight is 508 g/mol. The van der Waals surface area contributed by atoms with Crippen LogP contribution in [-0.2, 0) is 20.2 Å². The van der Waals surface area contributed by atoms with E-state index in [1.54, 1.807) is 54.7 Å². The van der Waals surface area contributed by atoms with Gasteiger partial charge < -0.3 is 20.1 Å². The number of benzene rings is 1. The zero-order valence-electron chi connectivity index (χ0n) is 20.6. The lowest BCUT2D eigenvalue weighted by Crippen LogP contribution is -2.42. The van der Waals surface area contributed by atoms with E-state index in [1.165, 1.54) is 29.5 Å². The molecule has 2 N–H and O–H groups in total. The highest BCUT2D eigenvalue weighted by molar-refractivity contribution is 6.09. The lowest BCUT2D eigenvalue weighted by molar-refractivity contribution is -0.0159. The molecular formula is C25H26FN7O4. The Bertz CT molecular complexity index is 1490. The van der Waals surface area contributed by atoms with Gasteiger partial charge in [-0.3, -0.25) is 14.3 Å². The molecule has 2 amide bonds. The van der Waals surface area contributed by atoms with Gasteiger partial charge in [0, 0.05) is 43.3 Å². The molecule has 1 atom stereocenters. The van der Waals surface area contributed by atoms with Gasteiger partial charge in [0.05, 0.1) is 30.2 Å². The van der Waals surface area contributed by atoms with E-state index < -0.39 is 17.7 Å². The molecule has 1 aliphatic heterocycles. The predicted octanol–water partition coefficient (Wildman–Crippen LogP) is 2.36. The largest absolute Gasteiger partial charge is 0.487 e. The van der Waals surface area contributed by atoms with Crippen LogP contribution in [-0.4, -0.2) is 64.5 Å². The van der Waals surface area contributed by atoms with E-state index in [1.807, 2.05) is 0 Å². The number of carbonyl (C=O) groups excluding carboxylic acids is 2. The first-order valence-corrected chi connectivity index (χ1v) is 11.6. The summed E-state index contributed by atoms with van der Waals surface area (Å²) in [5.74, 6) is -0.556. The fourth-order valence-corrected chi connectivity index (χ4v) is 4.07. The summed E-state index contributed by atoms with van der Waals surface area (Å²) in [6.07, 6.45) is 6.49. The van der Waals surface area contributed by atoms with Gasteiger partial charge in [0.1, 0.15) is 24.1 Å². The molecule has 3 aromatic heterocycles. The van der Waals surface area contributed by atoms with Crippen LogP contribution in [0.4, 0.5) is 10.1 Å². The number of ether oxygens (including phenoxy) is 1. The number of fused-ring (bicyclic) bond motifs is 2. The highest BCUT2D eigenvalue weighted by Crippen LogP contribution is 2.35. The third-order valence-electron chi connectivity index (χ3n) is 6.16. The molecule has 4 heterocycles. The Kier molecular flexibility index (Phi) is 6.12. The molecule has 0 saturated carbocycles. The van der Waals surface area contributed by atoms with Crippen LogP contribution in [0.2, 0.25) is 0 Å². The molecule has 0 bridgehead atoms. The van der Waals surface area contributed by atoms with Crippen molar-refractivity contribution in [2.75, 3.05) is 11.9 Å². The first-order valence-electron chi connectivity index (χ1n) is 11.6. The lowest BCUT2D eigenvalue weighted by Gasteiger charge is -2.26. The van der Waals surface area contributed by atoms with E-state index in [4.69, 9.17) is 4.74 Å². The molecule has 37 heavy (non-hydrogen) atoms. The number of alkyl halides is 1. The number of carbonyl (C=O) groups is 2. The molecule has 192 valence electrons. The van der Waals surface area contributed by atoms with Gasteiger partial charge in [-0.1, -0.05) is 0 Å². The Morgan fingerprint density at radius 2 is 2.11 bits per heavy atom.